The third kappa shape index (κ3) is 3.29. The predicted molar refractivity (Wildman–Crippen MR) is 112 cm³/mol. The molecule has 6 heteroatoms. The molecule has 3 saturated carbocycles. The number of likely N-dealkylation sites (tertiary alicyclic amines) is 1. The van der Waals surface area contributed by atoms with Crippen molar-refractivity contribution in [2.24, 2.45) is 28.7 Å². The van der Waals surface area contributed by atoms with Gasteiger partial charge in [0.25, 0.3) is 0 Å². The summed E-state index contributed by atoms with van der Waals surface area (Å²) in [6, 6.07) is 0.426. The van der Waals surface area contributed by atoms with Gasteiger partial charge >= 0.3 is 0 Å². The number of piperidine rings is 1. The van der Waals surface area contributed by atoms with Crippen molar-refractivity contribution in [3.05, 3.63) is 0 Å². The van der Waals surface area contributed by atoms with E-state index in [0.29, 0.717) is 17.9 Å². The van der Waals surface area contributed by atoms with Crippen molar-refractivity contribution in [1.82, 2.24) is 10.2 Å². The summed E-state index contributed by atoms with van der Waals surface area (Å²) in [4.78, 5) is 32.6. The van der Waals surface area contributed by atoms with E-state index in [9.17, 15) is 9.59 Å². The van der Waals surface area contributed by atoms with Crippen LogP contribution >= 0.6 is 11.8 Å². The molecule has 2 heterocycles. The molecule has 0 spiro atoms. The van der Waals surface area contributed by atoms with Gasteiger partial charge in [-0.15, -0.1) is 0 Å². The molecule has 4 atom stereocenters. The molecule has 3 aliphatic carbocycles. The number of thioether (sulfide) groups is 1. The number of amides is 2. The molecule has 2 saturated heterocycles. The molecule has 0 aromatic heterocycles. The molecule has 5 rings (SSSR count). The Morgan fingerprint density at radius 2 is 1.86 bits per heavy atom. The molecule has 1 N–H and O–H groups in total. The molecule has 28 heavy (non-hydrogen) atoms. The Morgan fingerprint density at radius 3 is 2.50 bits per heavy atom. The van der Waals surface area contributed by atoms with Crippen LogP contribution in [-0.2, 0) is 9.59 Å². The lowest BCUT2D eigenvalue weighted by molar-refractivity contribution is -0.137. The van der Waals surface area contributed by atoms with Crippen LogP contribution in [-0.4, -0.2) is 45.8 Å². The van der Waals surface area contributed by atoms with E-state index in [4.69, 9.17) is 4.99 Å². The van der Waals surface area contributed by atoms with Crippen LogP contribution < -0.4 is 5.32 Å². The second kappa shape index (κ2) is 7.33. The van der Waals surface area contributed by atoms with Gasteiger partial charge < -0.3 is 10.2 Å². The molecule has 154 valence electrons. The lowest BCUT2D eigenvalue weighted by Crippen LogP contribution is -2.48. The zero-order valence-corrected chi connectivity index (χ0v) is 17.8. The van der Waals surface area contributed by atoms with Gasteiger partial charge in [0.15, 0.2) is 5.17 Å². The number of hydrogen-bond acceptors (Lipinski definition) is 4. The average Bonchev–Trinajstić information content (AvgIpc) is 3.48. The van der Waals surface area contributed by atoms with Crippen molar-refractivity contribution in [3.63, 3.8) is 0 Å². The van der Waals surface area contributed by atoms with Crippen LogP contribution in [0.4, 0.5) is 0 Å². The Kier molecular flexibility index (Phi) is 4.96. The highest BCUT2D eigenvalue weighted by Crippen LogP contribution is 2.48. The molecule has 5 aliphatic rings. The number of nitrogens with zero attached hydrogens (tertiary/aromatic N) is 2. The summed E-state index contributed by atoms with van der Waals surface area (Å²) in [5.74, 6) is 2.68. The third-order valence-corrected chi connectivity index (χ3v) is 9.60. The lowest BCUT2D eigenvalue weighted by Gasteiger charge is -2.39. The van der Waals surface area contributed by atoms with Gasteiger partial charge in [0.05, 0.1) is 6.04 Å². The highest BCUT2D eigenvalue weighted by molar-refractivity contribution is 8.16. The number of fused-ring (bicyclic) bond motifs is 2. The quantitative estimate of drug-likeness (QED) is 0.783. The van der Waals surface area contributed by atoms with E-state index >= 15 is 0 Å². The minimum Gasteiger partial charge on any atom is -0.342 e. The highest BCUT2D eigenvalue weighted by Gasteiger charge is 2.50. The second-order valence-electron chi connectivity index (χ2n) is 9.92. The summed E-state index contributed by atoms with van der Waals surface area (Å²) in [6.07, 6.45) is 11.6. The average molecular weight is 404 g/mol. The van der Waals surface area contributed by atoms with Crippen LogP contribution in [0.15, 0.2) is 4.99 Å². The van der Waals surface area contributed by atoms with Gasteiger partial charge in [-0.3, -0.25) is 14.6 Å². The van der Waals surface area contributed by atoms with E-state index < -0.39 is 4.75 Å². The Morgan fingerprint density at radius 1 is 1.11 bits per heavy atom. The first-order valence-electron chi connectivity index (χ1n) is 11.4. The van der Waals surface area contributed by atoms with E-state index in [1.54, 1.807) is 11.8 Å². The molecule has 0 aromatic carbocycles. The number of amidine groups is 1. The summed E-state index contributed by atoms with van der Waals surface area (Å²) in [6.45, 7) is 3.71. The molecule has 5 fully saturated rings. The largest absolute Gasteiger partial charge is 0.342 e. The molecule has 0 radical (unpaired) electrons. The van der Waals surface area contributed by atoms with Crippen molar-refractivity contribution < 1.29 is 9.59 Å². The molecule has 0 aromatic rings. The zero-order chi connectivity index (χ0) is 19.3. The third-order valence-electron chi connectivity index (χ3n) is 8.25. The van der Waals surface area contributed by atoms with E-state index in [-0.39, 0.29) is 11.8 Å². The Hall–Kier alpha value is -1.04. The smallest absolute Gasteiger partial charge is 0.242 e. The monoisotopic (exact) mass is 403 g/mol. The van der Waals surface area contributed by atoms with Crippen LogP contribution in [0.3, 0.4) is 0 Å². The molecule has 1 unspecified atom stereocenters. The zero-order valence-electron chi connectivity index (χ0n) is 17.0. The molecule has 2 amide bonds. The predicted octanol–water partition coefficient (Wildman–Crippen LogP) is 3.58. The first kappa shape index (κ1) is 19.0. The standard InChI is InChI=1S/C22H33N3O2S/c1-22(17-8-10-25(11-9-17)19(26)15-4-2-3-5-15)20(27)24-21(28-22)23-18-13-14-6-7-16(18)12-14/h14-18H,2-13H2,1H3,(H,23,24,27)/t14-,16+,18+,22?/m1/s1. The maximum absolute atomic E-state index is 12.9. The number of hydrogen-bond donors (Lipinski definition) is 1. The number of carbonyl (C=O) groups excluding carboxylic acids is 2. The molecular weight excluding hydrogens is 370 g/mol. The van der Waals surface area contributed by atoms with Crippen molar-refractivity contribution >= 4 is 28.7 Å². The van der Waals surface area contributed by atoms with Crippen LogP contribution in [0.2, 0.25) is 0 Å². The number of aliphatic imine (C=N–C) groups is 1. The highest BCUT2D eigenvalue weighted by atomic mass is 32.2. The van der Waals surface area contributed by atoms with Crippen LogP contribution in [0.25, 0.3) is 0 Å². The second-order valence-corrected chi connectivity index (χ2v) is 11.4. The summed E-state index contributed by atoms with van der Waals surface area (Å²) in [7, 11) is 0. The molecule has 2 bridgehead atoms. The van der Waals surface area contributed by atoms with Crippen molar-refractivity contribution in [2.45, 2.75) is 81.9 Å². The van der Waals surface area contributed by atoms with Gasteiger partial charge in [-0.25, -0.2) is 0 Å². The molecule has 2 aliphatic heterocycles. The fraction of sp³-hybridized carbons (Fsp3) is 0.864. The summed E-state index contributed by atoms with van der Waals surface area (Å²) in [5, 5.41) is 3.96. The first-order chi connectivity index (χ1) is 13.5. The van der Waals surface area contributed by atoms with Crippen LogP contribution in [0.5, 0.6) is 0 Å². The maximum Gasteiger partial charge on any atom is 0.242 e. The fourth-order valence-electron chi connectivity index (χ4n) is 6.42. The summed E-state index contributed by atoms with van der Waals surface area (Å²) in [5.41, 5.74) is 0. The Labute approximate surface area is 172 Å². The normalized spacial score (nSPS) is 40.6. The number of nitrogens with one attached hydrogen (secondary N) is 1. The lowest BCUT2D eigenvalue weighted by atomic mass is 9.83. The minimum absolute atomic E-state index is 0.125. The SMILES string of the molecule is CC1(C2CCN(C(=O)C3CCCC3)CC2)SC(=N[C@H]2C[C@@H]3CC[C@H]2C3)NC1=O. The Balaban J connectivity index is 1.20. The summed E-state index contributed by atoms with van der Waals surface area (Å²) < 4.78 is -0.432. The van der Waals surface area contributed by atoms with E-state index in [1.807, 2.05) is 0 Å². The number of rotatable bonds is 3. The van der Waals surface area contributed by atoms with Crippen molar-refractivity contribution in [3.8, 4) is 0 Å². The van der Waals surface area contributed by atoms with Gasteiger partial charge in [0.2, 0.25) is 11.8 Å². The van der Waals surface area contributed by atoms with Gasteiger partial charge in [-0.05, 0) is 69.6 Å². The first-order valence-corrected chi connectivity index (χ1v) is 12.2. The Bertz CT molecular complexity index is 681. The fourth-order valence-corrected chi connectivity index (χ4v) is 7.70. The van der Waals surface area contributed by atoms with Gasteiger partial charge in [0, 0.05) is 19.0 Å². The number of carbonyl (C=O) groups is 2. The van der Waals surface area contributed by atoms with E-state index in [0.717, 1.165) is 55.8 Å². The van der Waals surface area contributed by atoms with E-state index in [1.165, 1.54) is 38.5 Å². The minimum atomic E-state index is -0.432. The maximum atomic E-state index is 12.9. The van der Waals surface area contributed by atoms with E-state index in [2.05, 4.69) is 17.1 Å². The molecular formula is C22H33N3O2S. The van der Waals surface area contributed by atoms with Gasteiger partial charge in [0.1, 0.15) is 4.75 Å². The van der Waals surface area contributed by atoms with Crippen LogP contribution in [0, 0.1) is 23.7 Å². The van der Waals surface area contributed by atoms with Crippen molar-refractivity contribution in [1.29, 1.82) is 0 Å². The van der Waals surface area contributed by atoms with Crippen molar-refractivity contribution in [2.75, 3.05) is 13.1 Å². The van der Waals surface area contributed by atoms with Gasteiger partial charge in [-0.2, -0.15) is 0 Å². The summed E-state index contributed by atoms with van der Waals surface area (Å²) >= 11 is 1.66. The van der Waals surface area contributed by atoms with Gasteiger partial charge in [-0.1, -0.05) is 31.0 Å². The topological polar surface area (TPSA) is 61.8 Å². The van der Waals surface area contributed by atoms with Crippen LogP contribution in [0.1, 0.15) is 71.1 Å². The molecule has 5 nitrogen and oxygen atoms in total.